The maximum absolute atomic E-state index is 6.60. The van der Waals surface area contributed by atoms with E-state index in [0.29, 0.717) is 30.7 Å². The van der Waals surface area contributed by atoms with Gasteiger partial charge in [0.25, 0.3) is 0 Å². The summed E-state index contributed by atoms with van der Waals surface area (Å²) < 4.78 is 14.0. The molecule has 0 aromatic carbocycles. The third kappa shape index (κ3) is 4.14. The molecule has 33 heavy (non-hydrogen) atoms. The lowest BCUT2D eigenvalue weighted by Gasteiger charge is -2.34. The van der Waals surface area contributed by atoms with E-state index < -0.39 is 5.72 Å². The molecule has 0 radical (unpaired) electrons. The van der Waals surface area contributed by atoms with Crippen molar-refractivity contribution in [2.24, 2.45) is 7.05 Å². The summed E-state index contributed by atoms with van der Waals surface area (Å²) in [5, 5.41) is 8.59. The van der Waals surface area contributed by atoms with Crippen LogP contribution in [-0.2, 0) is 19.3 Å². The molecule has 170 valence electrons. The first-order valence-corrected chi connectivity index (χ1v) is 11.3. The molecule has 0 amide bonds. The first-order chi connectivity index (χ1) is 16.0. The van der Waals surface area contributed by atoms with E-state index in [1.54, 1.807) is 35.5 Å². The maximum Gasteiger partial charge on any atom is 0.248 e. The SMILES string of the molecule is COc1nc(NC2(c3ncc(C)s3)CN(C)Cc3cccnc3O2)ccc1-c1cnn(C)c1. The molecule has 1 aliphatic heterocycles. The molecule has 1 atom stereocenters. The van der Waals surface area contributed by atoms with E-state index in [1.807, 2.05) is 50.6 Å². The molecule has 4 aromatic rings. The highest BCUT2D eigenvalue weighted by atomic mass is 32.1. The third-order valence-electron chi connectivity index (χ3n) is 5.42. The molecule has 0 fully saturated rings. The molecule has 4 aromatic heterocycles. The van der Waals surface area contributed by atoms with Crippen LogP contribution in [0.2, 0.25) is 0 Å². The van der Waals surface area contributed by atoms with Crippen molar-refractivity contribution in [2.75, 3.05) is 26.0 Å². The molecule has 1 N–H and O–H groups in total. The van der Waals surface area contributed by atoms with E-state index in [2.05, 4.69) is 32.3 Å². The lowest BCUT2D eigenvalue weighted by atomic mass is 10.1. The van der Waals surface area contributed by atoms with Crippen LogP contribution in [-0.4, -0.2) is 50.3 Å². The maximum atomic E-state index is 6.60. The average molecular weight is 464 g/mol. The zero-order valence-electron chi connectivity index (χ0n) is 18.9. The summed E-state index contributed by atoms with van der Waals surface area (Å²) in [7, 11) is 5.55. The van der Waals surface area contributed by atoms with Crippen molar-refractivity contribution < 1.29 is 9.47 Å². The molecule has 5 heterocycles. The summed E-state index contributed by atoms with van der Waals surface area (Å²) in [6.45, 7) is 3.30. The monoisotopic (exact) mass is 463 g/mol. The number of nitrogens with one attached hydrogen (secondary N) is 1. The van der Waals surface area contributed by atoms with Crippen LogP contribution >= 0.6 is 11.3 Å². The van der Waals surface area contributed by atoms with Crippen LogP contribution in [0.4, 0.5) is 5.82 Å². The van der Waals surface area contributed by atoms with Gasteiger partial charge in [0.05, 0.1) is 19.9 Å². The highest BCUT2D eigenvalue weighted by molar-refractivity contribution is 7.11. The number of likely N-dealkylation sites (N-methyl/N-ethyl adjacent to an activating group) is 1. The van der Waals surface area contributed by atoms with Crippen molar-refractivity contribution in [3.63, 3.8) is 0 Å². The average Bonchev–Trinajstić information content (AvgIpc) is 3.40. The highest BCUT2D eigenvalue weighted by Crippen LogP contribution is 2.37. The Kier molecular flexibility index (Phi) is 5.47. The first-order valence-electron chi connectivity index (χ1n) is 10.5. The van der Waals surface area contributed by atoms with Crippen molar-refractivity contribution in [3.8, 4) is 22.9 Å². The van der Waals surface area contributed by atoms with Gasteiger partial charge in [0.1, 0.15) is 5.82 Å². The predicted molar refractivity (Wildman–Crippen MR) is 126 cm³/mol. The topological polar surface area (TPSA) is 90.2 Å². The molecule has 0 bridgehead atoms. The second kappa shape index (κ2) is 8.45. The van der Waals surface area contributed by atoms with Crippen LogP contribution in [0, 0.1) is 6.92 Å². The predicted octanol–water partition coefficient (Wildman–Crippen LogP) is 3.44. The van der Waals surface area contributed by atoms with Gasteiger partial charge in [-0.1, -0.05) is 6.07 Å². The molecular weight excluding hydrogens is 438 g/mol. The summed E-state index contributed by atoms with van der Waals surface area (Å²) in [6, 6.07) is 7.85. The number of rotatable bonds is 5. The molecule has 9 nitrogen and oxygen atoms in total. The van der Waals surface area contributed by atoms with E-state index in [-0.39, 0.29) is 0 Å². The van der Waals surface area contributed by atoms with Crippen LogP contribution in [0.5, 0.6) is 11.8 Å². The van der Waals surface area contributed by atoms with Gasteiger partial charge in [-0.05, 0) is 32.2 Å². The van der Waals surface area contributed by atoms with Crippen LogP contribution < -0.4 is 14.8 Å². The van der Waals surface area contributed by atoms with Gasteiger partial charge in [-0.15, -0.1) is 11.3 Å². The van der Waals surface area contributed by atoms with Gasteiger partial charge in [0, 0.05) is 53.8 Å². The van der Waals surface area contributed by atoms with Crippen LogP contribution in [0.3, 0.4) is 0 Å². The fraction of sp³-hybridized carbons (Fsp3) is 0.304. The summed E-state index contributed by atoms with van der Waals surface area (Å²) >= 11 is 1.59. The standard InChI is InChI=1S/C23H25N7O2S/c1-15-10-25-22(33-15)23(14-29(2)12-16-6-5-9-24-20(16)32-23)28-19-8-7-18(21(27-19)31-4)17-11-26-30(3)13-17/h5-11,13H,12,14H2,1-4H3,(H,27,28). The molecule has 0 saturated carbocycles. The molecular formula is C23H25N7O2S. The molecule has 0 saturated heterocycles. The third-order valence-corrected chi connectivity index (χ3v) is 6.48. The normalized spacial score (nSPS) is 18.3. The zero-order chi connectivity index (χ0) is 23.0. The number of thiazole rings is 1. The minimum atomic E-state index is -0.971. The van der Waals surface area contributed by atoms with Crippen molar-refractivity contribution in [2.45, 2.75) is 19.2 Å². The van der Waals surface area contributed by atoms with Crippen molar-refractivity contribution in [1.29, 1.82) is 0 Å². The smallest absolute Gasteiger partial charge is 0.248 e. The Morgan fingerprint density at radius 2 is 2.06 bits per heavy atom. The van der Waals surface area contributed by atoms with Gasteiger partial charge >= 0.3 is 0 Å². The van der Waals surface area contributed by atoms with Crippen molar-refractivity contribution in [3.05, 3.63) is 64.5 Å². The minimum absolute atomic E-state index is 0.499. The van der Waals surface area contributed by atoms with Crippen molar-refractivity contribution >= 4 is 17.2 Å². The Morgan fingerprint density at radius 3 is 2.79 bits per heavy atom. The van der Waals surface area contributed by atoms with Crippen LogP contribution in [0.15, 0.2) is 49.1 Å². The number of aryl methyl sites for hydroxylation is 2. The molecule has 0 spiro atoms. The Hall–Kier alpha value is -3.50. The zero-order valence-corrected chi connectivity index (χ0v) is 19.8. The Morgan fingerprint density at radius 1 is 1.18 bits per heavy atom. The summed E-state index contributed by atoms with van der Waals surface area (Å²) in [6.07, 6.45) is 7.32. The van der Waals surface area contributed by atoms with E-state index in [9.17, 15) is 0 Å². The minimum Gasteiger partial charge on any atom is -0.480 e. The lowest BCUT2D eigenvalue weighted by Crippen LogP contribution is -2.48. The second-order valence-electron chi connectivity index (χ2n) is 8.13. The number of aromatic nitrogens is 5. The van der Waals surface area contributed by atoms with Crippen molar-refractivity contribution in [1.82, 2.24) is 29.6 Å². The Labute approximate surface area is 196 Å². The van der Waals surface area contributed by atoms with E-state index in [4.69, 9.17) is 14.5 Å². The number of hydrogen-bond acceptors (Lipinski definition) is 9. The highest BCUT2D eigenvalue weighted by Gasteiger charge is 2.42. The Balaban J connectivity index is 1.58. The lowest BCUT2D eigenvalue weighted by molar-refractivity contribution is 0.0641. The van der Waals surface area contributed by atoms with Crippen LogP contribution in [0.1, 0.15) is 15.4 Å². The second-order valence-corrected chi connectivity index (χ2v) is 9.36. The number of hydrogen-bond donors (Lipinski definition) is 1. The number of anilines is 1. The summed E-state index contributed by atoms with van der Waals surface area (Å²) in [5.41, 5.74) is 1.85. The molecule has 1 unspecified atom stereocenters. The Bertz CT molecular complexity index is 1290. The quantitative estimate of drug-likeness (QED) is 0.481. The van der Waals surface area contributed by atoms with Gasteiger partial charge in [-0.2, -0.15) is 10.1 Å². The molecule has 1 aliphatic rings. The van der Waals surface area contributed by atoms with E-state index >= 15 is 0 Å². The molecule has 10 heteroatoms. The largest absolute Gasteiger partial charge is 0.480 e. The fourth-order valence-electron chi connectivity index (χ4n) is 3.98. The number of nitrogens with zero attached hydrogens (tertiary/aromatic N) is 6. The number of methoxy groups -OCH3 is 1. The van der Waals surface area contributed by atoms with Gasteiger partial charge in [-0.25, -0.2) is 9.97 Å². The number of ether oxygens (including phenoxy) is 2. The van der Waals surface area contributed by atoms with E-state index in [1.165, 1.54) is 0 Å². The number of pyridine rings is 2. The fourth-order valence-corrected chi connectivity index (χ4v) is 4.82. The molecule has 5 rings (SSSR count). The summed E-state index contributed by atoms with van der Waals surface area (Å²) in [4.78, 5) is 17.2. The van der Waals surface area contributed by atoms with E-state index in [0.717, 1.165) is 26.6 Å². The van der Waals surface area contributed by atoms with Gasteiger partial charge < -0.3 is 14.8 Å². The summed E-state index contributed by atoms with van der Waals surface area (Å²) in [5.74, 6) is 1.69. The first kappa shape index (κ1) is 21.4. The van der Waals surface area contributed by atoms with Crippen LogP contribution in [0.25, 0.3) is 11.1 Å². The number of fused-ring (bicyclic) bond motifs is 1. The van der Waals surface area contributed by atoms with Gasteiger partial charge in [-0.3, -0.25) is 9.58 Å². The van der Waals surface area contributed by atoms with Gasteiger partial charge in [0.2, 0.25) is 17.5 Å². The molecule has 0 aliphatic carbocycles. The van der Waals surface area contributed by atoms with Gasteiger partial charge in [0.15, 0.2) is 5.01 Å².